The van der Waals surface area contributed by atoms with Gasteiger partial charge in [0.25, 0.3) is 0 Å². The number of para-hydroxylation sites is 2. The number of aromatic nitrogens is 1. The molecule has 0 aliphatic rings. The molecule has 4 heteroatoms. The second-order valence-electron chi connectivity index (χ2n) is 10.2. The van der Waals surface area contributed by atoms with E-state index in [9.17, 15) is 0 Å². The highest BCUT2D eigenvalue weighted by Crippen LogP contribution is 2.40. The van der Waals surface area contributed by atoms with Crippen LogP contribution in [-0.2, 0) is 0 Å². The normalized spacial score (nSPS) is 11.1. The molecule has 0 atom stereocenters. The van der Waals surface area contributed by atoms with Crippen LogP contribution in [0.2, 0.25) is 0 Å². The van der Waals surface area contributed by atoms with Crippen molar-refractivity contribution < 1.29 is 0 Å². The molecule has 0 amide bonds. The Labute approximate surface area is 238 Å². The minimum absolute atomic E-state index is 0.0463. The molecule has 4 nitrogen and oxygen atoms in total. The molecule has 4 N–H and O–H groups in total. The van der Waals surface area contributed by atoms with E-state index < -0.39 is 0 Å². The fourth-order valence-corrected chi connectivity index (χ4v) is 5.61. The van der Waals surface area contributed by atoms with Crippen molar-refractivity contribution in [1.29, 1.82) is 5.41 Å². The summed E-state index contributed by atoms with van der Waals surface area (Å²) in [6.07, 6.45) is 0. The van der Waals surface area contributed by atoms with Crippen LogP contribution in [0.25, 0.3) is 49.7 Å². The van der Waals surface area contributed by atoms with Crippen molar-refractivity contribution in [1.82, 2.24) is 4.57 Å². The van der Waals surface area contributed by atoms with Gasteiger partial charge in [-0.25, -0.2) is 0 Å². The molecule has 1 aromatic heterocycles. The topological polar surface area (TPSA) is 66.8 Å². The van der Waals surface area contributed by atoms with Crippen molar-refractivity contribution in [3.8, 4) is 27.9 Å². The lowest BCUT2D eigenvalue weighted by Gasteiger charge is -2.16. The quantitative estimate of drug-likeness (QED) is 0.149. The third-order valence-corrected chi connectivity index (χ3v) is 7.58. The molecule has 1 heterocycles. The molecule has 0 aliphatic heterocycles. The van der Waals surface area contributed by atoms with Crippen LogP contribution in [0.4, 0.5) is 11.4 Å². The largest absolute Gasteiger partial charge is 0.384 e. The van der Waals surface area contributed by atoms with Crippen LogP contribution in [0.1, 0.15) is 5.56 Å². The maximum Gasteiger partial charge on any atom is 0.122 e. The number of benzene rings is 6. The molecule has 196 valence electrons. The van der Waals surface area contributed by atoms with Crippen molar-refractivity contribution >= 4 is 39.0 Å². The van der Waals surface area contributed by atoms with Crippen LogP contribution in [-0.4, -0.2) is 10.4 Å². The van der Waals surface area contributed by atoms with E-state index in [1.54, 1.807) is 0 Å². The number of fused-ring (bicyclic) bond motifs is 3. The average Bonchev–Trinajstić information content (AvgIpc) is 3.35. The Balaban J connectivity index is 1.46. The van der Waals surface area contributed by atoms with Crippen molar-refractivity contribution in [2.45, 2.75) is 0 Å². The highest BCUT2D eigenvalue weighted by atomic mass is 15.0. The fourth-order valence-electron chi connectivity index (χ4n) is 5.61. The van der Waals surface area contributed by atoms with Crippen molar-refractivity contribution in [3.63, 3.8) is 0 Å². The van der Waals surface area contributed by atoms with Crippen LogP contribution in [0.5, 0.6) is 0 Å². The van der Waals surface area contributed by atoms with E-state index in [0.717, 1.165) is 39.2 Å². The molecule has 41 heavy (non-hydrogen) atoms. The van der Waals surface area contributed by atoms with Crippen molar-refractivity contribution in [2.24, 2.45) is 5.73 Å². The summed E-state index contributed by atoms with van der Waals surface area (Å²) in [5.41, 5.74) is 16.3. The molecule has 0 fully saturated rings. The zero-order valence-electron chi connectivity index (χ0n) is 22.4. The molecule has 0 saturated carbocycles. The lowest BCUT2D eigenvalue weighted by molar-refractivity contribution is 1.18. The highest BCUT2D eigenvalue weighted by Gasteiger charge is 2.17. The lowest BCUT2D eigenvalue weighted by Crippen LogP contribution is -2.11. The molecule has 6 aromatic carbocycles. The first-order valence-corrected chi connectivity index (χ1v) is 13.7. The Kier molecular flexibility index (Phi) is 6.06. The molecule has 0 unspecified atom stereocenters. The summed E-state index contributed by atoms with van der Waals surface area (Å²) in [5, 5.41) is 14.0. The highest BCUT2D eigenvalue weighted by molar-refractivity contribution is 6.12. The number of nitrogens with zero attached hydrogens (tertiary/aromatic N) is 1. The van der Waals surface area contributed by atoms with Crippen LogP contribution < -0.4 is 11.1 Å². The molecule has 0 saturated heterocycles. The van der Waals surface area contributed by atoms with Gasteiger partial charge in [0.1, 0.15) is 5.84 Å². The standard InChI is InChI=1S/C37H28N4/c38-37(39)28-12-9-13-29(22-28)40-34-24-36-33(31-16-7-8-17-35(31)41(36)30-14-5-2-6-15-30)23-32(34)27-20-18-26(19-21-27)25-10-3-1-4-11-25/h1-24,40H,(H3,38,39). The Morgan fingerprint density at radius 2 is 1.22 bits per heavy atom. The second kappa shape index (κ2) is 10.2. The Morgan fingerprint density at radius 1 is 0.561 bits per heavy atom. The van der Waals surface area contributed by atoms with E-state index in [2.05, 4.69) is 119 Å². The van der Waals surface area contributed by atoms with Crippen LogP contribution in [0.15, 0.2) is 146 Å². The van der Waals surface area contributed by atoms with Gasteiger partial charge in [-0.05, 0) is 59.2 Å². The predicted molar refractivity (Wildman–Crippen MR) is 172 cm³/mol. The summed E-state index contributed by atoms with van der Waals surface area (Å²) >= 11 is 0. The first kappa shape index (κ1) is 24.4. The first-order valence-electron chi connectivity index (χ1n) is 13.7. The summed E-state index contributed by atoms with van der Waals surface area (Å²) in [6, 6.07) is 50.5. The summed E-state index contributed by atoms with van der Waals surface area (Å²) in [5.74, 6) is 0.0463. The van der Waals surface area contributed by atoms with Gasteiger partial charge in [-0.2, -0.15) is 0 Å². The smallest absolute Gasteiger partial charge is 0.122 e. The van der Waals surface area contributed by atoms with Crippen molar-refractivity contribution in [2.75, 3.05) is 5.32 Å². The molecule has 0 radical (unpaired) electrons. The van der Waals surface area contributed by atoms with Crippen LogP contribution in [0, 0.1) is 5.41 Å². The van der Waals surface area contributed by atoms with Gasteiger partial charge in [0.2, 0.25) is 0 Å². The van der Waals surface area contributed by atoms with E-state index in [4.69, 9.17) is 11.1 Å². The third-order valence-electron chi connectivity index (χ3n) is 7.58. The Bertz CT molecular complexity index is 2020. The summed E-state index contributed by atoms with van der Waals surface area (Å²) in [4.78, 5) is 0. The van der Waals surface area contributed by atoms with Crippen LogP contribution in [0.3, 0.4) is 0 Å². The van der Waals surface area contributed by atoms with Gasteiger partial charge in [-0.3, -0.25) is 5.41 Å². The van der Waals surface area contributed by atoms with E-state index in [-0.39, 0.29) is 5.84 Å². The van der Waals surface area contributed by atoms with Gasteiger partial charge in [0.15, 0.2) is 0 Å². The number of nitrogen functional groups attached to an aromatic ring is 1. The number of rotatable bonds is 6. The number of hydrogen-bond acceptors (Lipinski definition) is 2. The summed E-state index contributed by atoms with van der Waals surface area (Å²) in [7, 11) is 0. The van der Waals surface area contributed by atoms with Crippen molar-refractivity contribution in [3.05, 3.63) is 151 Å². The zero-order valence-corrected chi connectivity index (χ0v) is 22.4. The fraction of sp³-hybridized carbons (Fsp3) is 0. The van der Waals surface area contributed by atoms with Gasteiger partial charge in [-0.1, -0.05) is 103 Å². The van der Waals surface area contributed by atoms with Gasteiger partial charge in [0.05, 0.1) is 11.0 Å². The molecule has 7 aromatic rings. The van der Waals surface area contributed by atoms with Gasteiger partial charge in [-0.15, -0.1) is 0 Å². The number of amidine groups is 1. The first-order chi connectivity index (χ1) is 20.2. The molecule has 0 bridgehead atoms. The summed E-state index contributed by atoms with van der Waals surface area (Å²) < 4.78 is 2.32. The Hall–Kier alpha value is -5.61. The number of hydrogen-bond donors (Lipinski definition) is 3. The van der Waals surface area contributed by atoms with E-state index in [1.165, 1.54) is 21.9 Å². The van der Waals surface area contributed by atoms with Gasteiger partial charge < -0.3 is 15.6 Å². The molecule has 0 spiro atoms. The van der Waals surface area contributed by atoms with E-state index in [1.807, 2.05) is 36.4 Å². The maximum absolute atomic E-state index is 7.92. The zero-order chi connectivity index (χ0) is 27.8. The molecular formula is C37H28N4. The van der Waals surface area contributed by atoms with Gasteiger partial charge in [0, 0.05) is 39.0 Å². The monoisotopic (exact) mass is 528 g/mol. The van der Waals surface area contributed by atoms with E-state index in [0.29, 0.717) is 5.56 Å². The molecular weight excluding hydrogens is 500 g/mol. The van der Waals surface area contributed by atoms with E-state index >= 15 is 0 Å². The SMILES string of the molecule is N=C(N)c1cccc(Nc2cc3c(cc2-c2ccc(-c4ccccc4)cc2)c2ccccc2n3-c2ccccc2)c1. The minimum atomic E-state index is 0.0463. The number of nitrogens with one attached hydrogen (secondary N) is 2. The average molecular weight is 529 g/mol. The van der Waals surface area contributed by atoms with Crippen LogP contribution >= 0.6 is 0 Å². The molecule has 0 aliphatic carbocycles. The number of anilines is 2. The number of nitrogens with two attached hydrogens (primary N) is 1. The molecule has 7 rings (SSSR count). The second-order valence-corrected chi connectivity index (χ2v) is 10.2. The lowest BCUT2D eigenvalue weighted by atomic mass is 9.97. The Morgan fingerprint density at radius 3 is 1.98 bits per heavy atom. The minimum Gasteiger partial charge on any atom is -0.384 e. The maximum atomic E-state index is 7.92. The summed E-state index contributed by atoms with van der Waals surface area (Å²) in [6.45, 7) is 0. The van der Waals surface area contributed by atoms with Gasteiger partial charge >= 0.3 is 0 Å². The predicted octanol–water partition coefficient (Wildman–Crippen LogP) is 9.15. The third kappa shape index (κ3) is 4.52.